The number of benzene rings is 2. The zero-order valence-corrected chi connectivity index (χ0v) is 14.3. The summed E-state index contributed by atoms with van der Waals surface area (Å²) in [6.07, 6.45) is 0.239. The lowest BCUT2D eigenvalue weighted by Gasteiger charge is -2.13. The van der Waals surface area contributed by atoms with Gasteiger partial charge in [-0.25, -0.2) is 4.79 Å². The highest BCUT2D eigenvalue weighted by Gasteiger charge is 2.16. The topological polar surface area (TPSA) is 78.9 Å². The van der Waals surface area contributed by atoms with Crippen molar-refractivity contribution in [3.05, 3.63) is 70.3 Å². The second-order valence-electron chi connectivity index (χ2n) is 5.97. The van der Waals surface area contributed by atoms with E-state index >= 15 is 0 Å². The highest BCUT2D eigenvalue weighted by atomic mass is 16.5. The quantitative estimate of drug-likeness (QED) is 0.578. The number of rotatable bonds is 1. The Morgan fingerprint density at radius 3 is 1.96 bits per heavy atom. The molecule has 4 aliphatic rings. The van der Waals surface area contributed by atoms with Crippen molar-refractivity contribution in [2.24, 2.45) is 0 Å². The molecular weight excluding hydrogens is 336 g/mol. The summed E-state index contributed by atoms with van der Waals surface area (Å²) in [6.45, 7) is 0.00238. The van der Waals surface area contributed by atoms with Crippen LogP contribution in [0, 0.1) is 0 Å². The maximum atomic E-state index is 12.1. The summed E-state index contributed by atoms with van der Waals surface area (Å²) >= 11 is 0. The molecular formula is C20H18O6. The van der Waals surface area contributed by atoms with Crippen molar-refractivity contribution in [1.82, 2.24) is 0 Å². The molecule has 6 nitrogen and oxygen atoms in total. The molecule has 2 aromatic carbocycles. The first-order chi connectivity index (χ1) is 12.5. The van der Waals surface area contributed by atoms with E-state index in [4.69, 9.17) is 14.2 Å². The molecule has 0 N–H and O–H groups in total. The minimum Gasteiger partial charge on any atom is -0.465 e. The first-order valence-electron chi connectivity index (χ1n) is 8.14. The molecule has 134 valence electrons. The predicted octanol–water partition coefficient (Wildman–Crippen LogP) is 2.36. The van der Waals surface area contributed by atoms with Gasteiger partial charge in [0.2, 0.25) is 0 Å². The fourth-order valence-electron chi connectivity index (χ4n) is 2.67. The molecule has 0 saturated carbocycles. The van der Waals surface area contributed by atoms with E-state index in [-0.39, 0.29) is 37.6 Å². The van der Waals surface area contributed by atoms with E-state index < -0.39 is 11.9 Å². The molecule has 2 aromatic rings. The molecule has 0 aromatic heterocycles. The van der Waals surface area contributed by atoms with Crippen LogP contribution in [0.25, 0.3) is 0 Å². The molecule has 0 fully saturated rings. The van der Waals surface area contributed by atoms with E-state index in [9.17, 15) is 14.4 Å². The average molecular weight is 354 g/mol. The Bertz CT molecular complexity index is 838. The van der Waals surface area contributed by atoms with Crippen molar-refractivity contribution in [2.75, 3.05) is 7.11 Å². The molecule has 0 spiro atoms. The molecule has 0 amide bonds. The summed E-state index contributed by atoms with van der Waals surface area (Å²) in [7, 11) is 1.28. The third-order valence-corrected chi connectivity index (χ3v) is 4.09. The van der Waals surface area contributed by atoms with E-state index in [2.05, 4.69) is 0 Å². The normalized spacial score (nSPS) is 14.7. The standard InChI is InChI=1S/C20H18O6/c1-24-20(23)17-8-15-6-7-16(17)12-26-19(22)10-14-4-2-13(3-5-14)9-18(21)25-11-15/h2-8H,9-12H2,1H3. The van der Waals surface area contributed by atoms with Gasteiger partial charge in [0, 0.05) is 5.56 Å². The van der Waals surface area contributed by atoms with Crippen molar-refractivity contribution in [3.63, 3.8) is 0 Å². The Morgan fingerprint density at radius 2 is 1.38 bits per heavy atom. The Labute approximate surface area is 150 Å². The van der Waals surface area contributed by atoms with Crippen LogP contribution in [-0.2, 0) is 49.9 Å². The predicted molar refractivity (Wildman–Crippen MR) is 91.2 cm³/mol. The van der Waals surface area contributed by atoms with Crippen molar-refractivity contribution >= 4 is 17.9 Å². The number of hydrogen-bond acceptors (Lipinski definition) is 6. The van der Waals surface area contributed by atoms with Crippen molar-refractivity contribution in [3.8, 4) is 0 Å². The molecule has 4 aliphatic heterocycles. The number of carbonyl (C=O) groups excluding carboxylic acids is 3. The third-order valence-electron chi connectivity index (χ3n) is 4.09. The monoisotopic (exact) mass is 354 g/mol. The van der Waals surface area contributed by atoms with Crippen molar-refractivity contribution in [2.45, 2.75) is 26.1 Å². The van der Waals surface area contributed by atoms with Gasteiger partial charge in [-0.1, -0.05) is 36.4 Å². The van der Waals surface area contributed by atoms with Crippen LogP contribution < -0.4 is 0 Å². The number of esters is 3. The molecule has 4 bridgehead atoms. The van der Waals surface area contributed by atoms with E-state index in [1.165, 1.54) is 7.11 Å². The van der Waals surface area contributed by atoms with E-state index in [0.29, 0.717) is 11.1 Å². The van der Waals surface area contributed by atoms with Gasteiger partial charge in [-0.2, -0.15) is 0 Å². The summed E-state index contributed by atoms with van der Waals surface area (Å²) in [6, 6.07) is 12.1. The van der Waals surface area contributed by atoms with Crippen molar-refractivity contribution in [1.29, 1.82) is 0 Å². The number of hydrogen-bond donors (Lipinski definition) is 0. The van der Waals surface area contributed by atoms with Crippen LogP contribution in [-0.4, -0.2) is 25.0 Å². The molecule has 0 unspecified atom stereocenters. The lowest BCUT2D eigenvalue weighted by atomic mass is 10.0. The third kappa shape index (κ3) is 4.27. The van der Waals surface area contributed by atoms with Gasteiger partial charge in [-0.15, -0.1) is 0 Å². The lowest BCUT2D eigenvalue weighted by Crippen LogP contribution is -2.13. The minimum atomic E-state index is -0.541. The smallest absolute Gasteiger partial charge is 0.338 e. The van der Waals surface area contributed by atoms with Crippen molar-refractivity contribution < 1.29 is 28.6 Å². The fraction of sp³-hybridized carbons (Fsp3) is 0.250. The summed E-state index contributed by atoms with van der Waals surface area (Å²) in [4.78, 5) is 36.1. The summed E-state index contributed by atoms with van der Waals surface area (Å²) in [5.74, 6) is -1.31. The molecule has 6 heteroatoms. The van der Waals surface area contributed by atoms with Crippen LogP contribution in [0.1, 0.15) is 32.6 Å². The molecule has 0 aliphatic carbocycles. The van der Waals surface area contributed by atoms with E-state index in [1.54, 1.807) is 42.5 Å². The Hall–Kier alpha value is -3.15. The van der Waals surface area contributed by atoms with Crippen LogP contribution >= 0.6 is 0 Å². The summed E-state index contributed by atoms with van der Waals surface area (Å²) in [5.41, 5.74) is 3.04. The number of carbonyl (C=O) groups is 3. The molecule has 6 rings (SSSR count). The van der Waals surface area contributed by atoms with Crippen LogP contribution in [0.2, 0.25) is 0 Å². The Kier molecular flexibility index (Phi) is 5.31. The molecule has 26 heavy (non-hydrogen) atoms. The average Bonchev–Trinajstić information content (AvgIpc) is 2.65. The zero-order valence-electron chi connectivity index (χ0n) is 14.3. The largest absolute Gasteiger partial charge is 0.465 e. The van der Waals surface area contributed by atoms with Gasteiger partial charge in [-0.3, -0.25) is 9.59 Å². The van der Waals surface area contributed by atoms with E-state index in [1.807, 2.05) is 0 Å². The second-order valence-corrected chi connectivity index (χ2v) is 5.97. The second kappa shape index (κ2) is 7.82. The SMILES string of the molecule is COC(=O)c1cc2ccc1COC(=O)Cc1ccc(cc1)CC(=O)OC2. The molecule has 0 atom stereocenters. The fourth-order valence-corrected chi connectivity index (χ4v) is 2.67. The summed E-state index contributed by atoms with van der Waals surface area (Å²) in [5, 5.41) is 0. The lowest BCUT2D eigenvalue weighted by molar-refractivity contribution is -0.145. The molecule has 4 heterocycles. The van der Waals surface area contributed by atoms with Gasteiger partial charge in [-0.05, 0) is 22.8 Å². The first kappa shape index (κ1) is 17.7. The van der Waals surface area contributed by atoms with Crippen LogP contribution in [0.5, 0.6) is 0 Å². The summed E-state index contributed by atoms with van der Waals surface area (Å²) < 4.78 is 15.4. The zero-order chi connectivity index (χ0) is 18.5. The van der Waals surface area contributed by atoms with Gasteiger partial charge in [0.15, 0.2) is 0 Å². The van der Waals surface area contributed by atoms with Gasteiger partial charge >= 0.3 is 17.9 Å². The maximum Gasteiger partial charge on any atom is 0.338 e. The highest BCUT2D eigenvalue weighted by Crippen LogP contribution is 2.17. The molecule has 0 radical (unpaired) electrons. The van der Waals surface area contributed by atoms with Crippen LogP contribution in [0.3, 0.4) is 0 Å². The van der Waals surface area contributed by atoms with Gasteiger partial charge < -0.3 is 14.2 Å². The minimum absolute atomic E-state index is 0.0403. The maximum absolute atomic E-state index is 12.1. The highest BCUT2D eigenvalue weighted by molar-refractivity contribution is 5.91. The molecule has 0 saturated heterocycles. The number of ether oxygens (including phenoxy) is 3. The Balaban J connectivity index is 1.91. The van der Waals surface area contributed by atoms with Gasteiger partial charge in [0.1, 0.15) is 13.2 Å². The van der Waals surface area contributed by atoms with Gasteiger partial charge in [0.05, 0.1) is 25.5 Å². The Morgan fingerprint density at radius 1 is 0.846 bits per heavy atom. The van der Waals surface area contributed by atoms with Gasteiger partial charge in [0.25, 0.3) is 0 Å². The van der Waals surface area contributed by atoms with Crippen LogP contribution in [0.4, 0.5) is 0 Å². The van der Waals surface area contributed by atoms with Crippen LogP contribution in [0.15, 0.2) is 42.5 Å². The van der Waals surface area contributed by atoms with E-state index in [0.717, 1.165) is 11.1 Å². The first-order valence-corrected chi connectivity index (χ1v) is 8.14. The number of methoxy groups -OCH3 is 1.